The molecule has 52 heavy (non-hydrogen) atoms. The molecule has 2 fully saturated rings. The zero-order valence-corrected chi connectivity index (χ0v) is 31.1. The van der Waals surface area contributed by atoms with Crippen molar-refractivity contribution >= 4 is 58.0 Å². The van der Waals surface area contributed by atoms with Gasteiger partial charge in [0.2, 0.25) is 11.8 Å². The van der Waals surface area contributed by atoms with Gasteiger partial charge in [-0.05, 0) is 35.6 Å². The van der Waals surface area contributed by atoms with E-state index in [1.54, 1.807) is 35.7 Å². The SMILES string of the molecule is Cc1ncsc1-c1ccc(CNC(=O)[C@@H]2C[C@@H](O)CN2C(=O)C(NC(=O)c2ccnc(N3CCN(c4cc(Cl)nnc4N)CC3)c2)C(C)(C)C)cc1. The number of aryl methyl sites for hydroxylation is 1. The Bertz CT molecular complexity index is 1930. The molecule has 0 aliphatic carbocycles. The summed E-state index contributed by atoms with van der Waals surface area (Å²) in [5.41, 5.74) is 11.1. The Labute approximate surface area is 311 Å². The molecule has 4 aromatic rings. The number of benzene rings is 1. The van der Waals surface area contributed by atoms with Crippen LogP contribution in [0.25, 0.3) is 10.4 Å². The largest absolute Gasteiger partial charge is 0.391 e. The number of carbonyl (C=O) groups excluding carboxylic acids is 3. The van der Waals surface area contributed by atoms with Gasteiger partial charge in [-0.25, -0.2) is 9.97 Å². The van der Waals surface area contributed by atoms with Crippen molar-refractivity contribution in [3.63, 3.8) is 0 Å². The van der Waals surface area contributed by atoms with E-state index in [-0.39, 0.29) is 30.6 Å². The van der Waals surface area contributed by atoms with Crippen LogP contribution in [0.2, 0.25) is 5.15 Å². The molecule has 0 spiro atoms. The van der Waals surface area contributed by atoms with Crippen LogP contribution in [0.5, 0.6) is 0 Å². The standard InChI is InChI=1S/C36H43ClN10O4S/c1-21-30(52-20-41-21)23-7-5-22(6-8-23)18-40-34(50)27-16-25(48)19-47(27)35(51)31(36(2,3)4)42-33(49)24-9-10-39-29(15-24)46-13-11-45(12-14-46)26-17-28(37)43-44-32(26)38/h5-10,15,17,20,25,27,31,48H,11-14,16,18-19H2,1-4H3,(H2,38,44)(H,40,50)(H,42,49)/t25-,27+,31?/m1/s1. The molecule has 5 heterocycles. The van der Waals surface area contributed by atoms with Crippen molar-refractivity contribution < 1.29 is 19.5 Å². The van der Waals surface area contributed by atoms with Gasteiger partial charge in [0.25, 0.3) is 5.91 Å². The number of nitrogens with two attached hydrogens (primary N) is 1. The number of amides is 3. The number of pyridine rings is 1. The third-order valence-electron chi connectivity index (χ3n) is 9.41. The fourth-order valence-electron chi connectivity index (χ4n) is 6.53. The Kier molecular flexibility index (Phi) is 10.9. The fourth-order valence-corrected chi connectivity index (χ4v) is 7.48. The molecule has 14 nitrogen and oxygen atoms in total. The van der Waals surface area contributed by atoms with Crippen LogP contribution in [0.4, 0.5) is 17.3 Å². The first-order valence-corrected chi connectivity index (χ1v) is 18.4. The van der Waals surface area contributed by atoms with Crippen molar-refractivity contribution in [2.75, 3.05) is 48.3 Å². The van der Waals surface area contributed by atoms with Crippen LogP contribution < -0.4 is 26.2 Å². The molecule has 274 valence electrons. The number of nitrogens with one attached hydrogen (secondary N) is 2. The minimum absolute atomic E-state index is 0.0128. The lowest BCUT2D eigenvalue weighted by Gasteiger charge is -2.37. The Hall–Kier alpha value is -4.86. The lowest BCUT2D eigenvalue weighted by atomic mass is 9.85. The summed E-state index contributed by atoms with van der Waals surface area (Å²) in [5.74, 6) is -0.318. The Balaban J connectivity index is 1.09. The summed E-state index contributed by atoms with van der Waals surface area (Å²) in [7, 11) is 0. The summed E-state index contributed by atoms with van der Waals surface area (Å²) in [4.78, 5) is 56.8. The highest BCUT2D eigenvalue weighted by atomic mass is 35.5. The van der Waals surface area contributed by atoms with E-state index in [1.165, 1.54) is 4.90 Å². The van der Waals surface area contributed by atoms with Gasteiger partial charge in [-0.1, -0.05) is 56.6 Å². The highest BCUT2D eigenvalue weighted by molar-refractivity contribution is 7.13. The van der Waals surface area contributed by atoms with Gasteiger partial charge in [0.1, 0.15) is 17.9 Å². The van der Waals surface area contributed by atoms with Crippen molar-refractivity contribution in [1.29, 1.82) is 0 Å². The number of thiazole rings is 1. The predicted molar refractivity (Wildman–Crippen MR) is 201 cm³/mol. The quantitative estimate of drug-likeness (QED) is 0.197. The first kappa shape index (κ1) is 36.9. The second kappa shape index (κ2) is 15.4. The summed E-state index contributed by atoms with van der Waals surface area (Å²) in [6.07, 6.45) is 0.800. The van der Waals surface area contributed by atoms with E-state index in [1.807, 2.05) is 57.5 Å². The maximum Gasteiger partial charge on any atom is 0.252 e. The van der Waals surface area contributed by atoms with Crippen LogP contribution in [0.15, 0.2) is 54.2 Å². The van der Waals surface area contributed by atoms with Crippen LogP contribution in [-0.4, -0.2) is 98.8 Å². The summed E-state index contributed by atoms with van der Waals surface area (Å²) >= 11 is 7.62. The van der Waals surface area contributed by atoms with Crippen LogP contribution in [0.1, 0.15) is 48.8 Å². The number of aliphatic hydroxyl groups is 1. The summed E-state index contributed by atoms with van der Waals surface area (Å²) in [6.45, 7) is 10.2. The summed E-state index contributed by atoms with van der Waals surface area (Å²) < 4.78 is 0. The number of nitrogen functional groups attached to an aromatic ring is 1. The molecule has 0 radical (unpaired) electrons. The molecule has 3 atom stereocenters. The maximum atomic E-state index is 14.1. The van der Waals surface area contributed by atoms with Crippen LogP contribution in [0.3, 0.4) is 0 Å². The second-order valence-electron chi connectivity index (χ2n) is 14.2. The monoisotopic (exact) mass is 746 g/mol. The van der Waals surface area contributed by atoms with Gasteiger partial charge < -0.3 is 36.2 Å². The summed E-state index contributed by atoms with van der Waals surface area (Å²) in [5, 5.41) is 24.4. The number of anilines is 3. The molecule has 6 rings (SSSR count). The maximum absolute atomic E-state index is 14.1. The summed E-state index contributed by atoms with van der Waals surface area (Å²) in [6, 6.07) is 11.0. The van der Waals surface area contributed by atoms with Gasteiger partial charge in [-0.15, -0.1) is 21.5 Å². The molecule has 0 saturated carbocycles. The molecular formula is C36H43ClN10O4S. The van der Waals surface area contributed by atoms with E-state index < -0.39 is 35.4 Å². The number of likely N-dealkylation sites (tertiary alicyclic amines) is 1. The molecule has 3 amide bonds. The molecule has 5 N–H and O–H groups in total. The van der Waals surface area contributed by atoms with Crippen LogP contribution in [-0.2, 0) is 16.1 Å². The number of carbonyl (C=O) groups is 3. The third-order valence-corrected chi connectivity index (χ3v) is 10.6. The van der Waals surface area contributed by atoms with Crippen molar-refractivity contribution in [2.24, 2.45) is 5.41 Å². The zero-order valence-electron chi connectivity index (χ0n) is 29.5. The van der Waals surface area contributed by atoms with E-state index in [2.05, 4.69) is 40.6 Å². The molecule has 1 unspecified atom stereocenters. The molecule has 3 aromatic heterocycles. The van der Waals surface area contributed by atoms with Crippen LogP contribution >= 0.6 is 22.9 Å². The van der Waals surface area contributed by atoms with E-state index in [4.69, 9.17) is 17.3 Å². The second-order valence-corrected chi connectivity index (χ2v) is 15.4. The molecule has 0 bridgehead atoms. The highest BCUT2D eigenvalue weighted by Gasteiger charge is 2.44. The van der Waals surface area contributed by atoms with Crippen molar-refractivity contribution in [3.8, 4) is 10.4 Å². The van der Waals surface area contributed by atoms with E-state index in [0.717, 1.165) is 27.4 Å². The molecule has 2 aliphatic heterocycles. The number of rotatable bonds is 9. The minimum atomic E-state index is -0.977. The number of nitrogens with zero attached hydrogens (tertiary/aromatic N) is 7. The van der Waals surface area contributed by atoms with Gasteiger partial charge in [0.15, 0.2) is 11.0 Å². The number of β-amino-alcohol motifs (C(OH)–C–C–N with tert-alkyl or cyclic N) is 1. The number of hydrogen-bond donors (Lipinski definition) is 4. The molecule has 2 saturated heterocycles. The molecular weight excluding hydrogens is 704 g/mol. The topological polar surface area (TPSA) is 183 Å². The van der Waals surface area contributed by atoms with Gasteiger partial charge in [0, 0.05) is 63.5 Å². The number of hydrogen-bond acceptors (Lipinski definition) is 12. The third kappa shape index (κ3) is 8.27. The van der Waals surface area contributed by atoms with E-state index in [9.17, 15) is 19.5 Å². The Morgan fingerprint density at radius 2 is 1.75 bits per heavy atom. The van der Waals surface area contributed by atoms with Crippen LogP contribution in [0, 0.1) is 12.3 Å². The zero-order chi connectivity index (χ0) is 37.2. The average Bonchev–Trinajstić information content (AvgIpc) is 3.75. The van der Waals surface area contributed by atoms with Gasteiger partial charge >= 0.3 is 0 Å². The Morgan fingerprint density at radius 1 is 1.04 bits per heavy atom. The van der Waals surface area contributed by atoms with Crippen molar-refractivity contribution in [3.05, 3.63) is 76.1 Å². The number of aromatic nitrogens is 4. The first-order chi connectivity index (χ1) is 24.8. The number of piperazine rings is 1. The van der Waals surface area contributed by atoms with Gasteiger partial charge in [-0.2, -0.15) is 0 Å². The smallest absolute Gasteiger partial charge is 0.252 e. The van der Waals surface area contributed by atoms with Crippen molar-refractivity contribution in [1.82, 2.24) is 35.7 Å². The fraction of sp³-hybridized carbons (Fsp3) is 0.417. The highest BCUT2D eigenvalue weighted by Crippen LogP contribution is 2.29. The Morgan fingerprint density at radius 3 is 2.42 bits per heavy atom. The van der Waals surface area contributed by atoms with Gasteiger partial charge in [0.05, 0.1) is 27.9 Å². The lowest BCUT2D eigenvalue weighted by molar-refractivity contribution is -0.142. The minimum Gasteiger partial charge on any atom is -0.391 e. The molecule has 1 aromatic carbocycles. The first-order valence-electron chi connectivity index (χ1n) is 17.1. The average molecular weight is 747 g/mol. The molecule has 2 aliphatic rings. The van der Waals surface area contributed by atoms with Crippen molar-refractivity contribution in [2.45, 2.75) is 58.8 Å². The normalized spacial score (nSPS) is 18.3. The van der Waals surface area contributed by atoms with Gasteiger partial charge in [-0.3, -0.25) is 14.4 Å². The molecule has 16 heteroatoms. The predicted octanol–water partition coefficient (Wildman–Crippen LogP) is 3.29. The van der Waals surface area contributed by atoms with E-state index in [0.29, 0.717) is 43.4 Å². The number of halogens is 1. The lowest BCUT2D eigenvalue weighted by Crippen LogP contribution is -2.57. The number of aliphatic hydroxyl groups excluding tert-OH is 1. The van der Waals surface area contributed by atoms with E-state index >= 15 is 0 Å².